The zero-order valence-corrected chi connectivity index (χ0v) is 13.8. The van der Waals surface area contributed by atoms with E-state index in [1.165, 1.54) is 0 Å². The van der Waals surface area contributed by atoms with Crippen molar-refractivity contribution in [2.45, 2.75) is 6.92 Å². The number of hydrazone groups is 1. The lowest BCUT2D eigenvalue weighted by atomic mass is 10.1. The number of ether oxygens (including phenoxy) is 2. The van der Waals surface area contributed by atoms with Crippen LogP contribution in [0.3, 0.4) is 0 Å². The molecule has 2 aromatic rings. The van der Waals surface area contributed by atoms with Gasteiger partial charge in [-0.15, -0.1) is 0 Å². The summed E-state index contributed by atoms with van der Waals surface area (Å²) in [4.78, 5) is 12.1. The van der Waals surface area contributed by atoms with E-state index >= 15 is 0 Å². The molecule has 2 aromatic carbocycles. The van der Waals surface area contributed by atoms with Gasteiger partial charge in [-0.2, -0.15) is 5.10 Å². The second kappa shape index (κ2) is 7.65. The van der Waals surface area contributed by atoms with Crippen molar-refractivity contribution in [1.82, 2.24) is 5.43 Å². The number of rotatable bonds is 5. The first-order valence-electron chi connectivity index (χ1n) is 6.87. The molecule has 0 spiro atoms. The van der Waals surface area contributed by atoms with Crippen molar-refractivity contribution in [2.24, 2.45) is 5.10 Å². The van der Waals surface area contributed by atoms with Crippen LogP contribution in [0.5, 0.6) is 11.5 Å². The van der Waals surface area contributed by atoms with Gasteiger partial charge in [-0.05, 0) is 49.4 Å². The van der Waals surface area contributed by atoms with Crippen LogP contribution in [0.2, 0.25) is 5.02 Å². The molecule has 0 aromatic heterocycles. The van der Waals surface area contributed by atoms with E-state index in [9.17, 15) is 4.79 Å². The highest BCUT2D eigenvalue weighted by molar-refractivity contribution is 6.31. The third kappa shape index (κ3) is 4.23. The molecule has 0 saturated heterocycles. The lowest BCUT2D eigenvalue weighted by Crippen LogP contribution is -2.19. The second-order valence-electron chi connectivity index (χ2n) is 4.71. The van der Waals surface area contributed by atoms with E-state index in [4.69, 9.17) is 21.1 Å². The number of nitrogens with one attached hydrogen (secondary N) is 1. The first kappa shape index (κ1) is 16.8. The van der Waals surface area contributed by atoms with Crippen molar-refractivity contribution >= 4 is 23.2 Å². The largest absolute Gasteiger partial charge is 0.497 e. The minimum absolute atomic E-state index is 0.312. The fourth-order valence-corrected chi connectivity index (χ4v) is 2.14. The average Bonchev–Trinajstić information content (AvgIpc) is 2.59. The van der Waals surface area contributed by atoms with Gasteiger partial charge in [0.05, 0.1) is 19.9 Å². The predicted molar refractivity (Wildman–Crippen MR) is 90.7 cm³/mol. The van der Waals surface area contributed by atoms with Crippen LogP contribution in [0.1, 0.15) is 22.8 Å². The molecule has 1 N–H and O–H groups in total. The van der Waals surface area contributed by atoms with Crippen LogP contribution in [0.15, 0.2) is 47.6 Å². The van der Waals surface area contributed by atoms with Crippen molar-refractivity contribution in [2.75, 3.05) is 14.2 Å². The molecule has 120 valence electrons. The Kier molecular flexibility index (Phi) is 5.60. The summed E-state index contributed by atoms with van der Waals surface area (Å²) in [6.45, 7) is 1.77. The molecule has 6 heteroatoms. The van der Waals surface area contributed by atoms with Crippen molar-refractivity contribution < 1.29 is 14.3 Å². The molecule has 0 aliphatic heterocycles. The van der Waals surface area contributed by atoms with Crippen molar-refractivity contribution in [3.05, 3.63) is 58.6 Å². The highest BCUT2D eigenvalue weighted by Gasteiger charge is 2.09. The molecule has 23 heavy (non-hydrogen) atoms. The summed E-state index contributed by atoms with van der Waals surface area (Å²) >= 11 is 6.00. The number of benzene rings is 2. The molecule has 0 aliphatic carbocycles. The minimum Gasteiger partial charge on any atom is -0.497 e. The van der Waals surface area contributed by atoms with Crippen LogP contribution in [-0.4, -0.2) is 25.8 Å². The highest BCUT2D eigenvalue weighted by atomic mass is 35.5. The van der Waals surface area contributed by atoms with Crippen LogP contribution in [0.25, 0.3) is 0 Å². The fraction of sp³-hybridized carbons (Fsp3) is 0.176. The zero-order valence-electron chi connectivity index (χ0n) is 13.1. The minimum atomic E-state index is -0.312. The van der Waals surface area contributed by atoms with E-state index in [1.54, 1.807) is 63.6 Å². The zero-order chi connectivity index (χ0) is 16.8. The average molecular weight is 333 g/mol. The number of halogens is 1. The van der Waals surface area contributed by atoms with Gasteiger partial charge in [0.25, 0.3) is 5.91 Å². The number of amides is 1. The van der Waals surface area contributed by atoms with Crippen LogP contribution >= 0.6 is 11.6 Å². The molecule has 0 unspecified atom stereocenters. The third-order valence-electron chi connectivity index (χ3n) is 3.23. The molecule has 0 saturated carbocycles. The maximum Gasteiger partial charge on any atom is 0.271 e. The van der Waals surface area contributed by atoms with E-state index in [0.717, 1.165) is 5.56 Å². The molecule has 0 fully saturated rings. The summed E-state index contributed by atoms with van der Waals surface area (Å²) in [7, 11) is 3.14. The monoisotopic (exact) mass is 332 g/mol. The molecule has 0 radical (unpaired) electrons. The van der Waals surface area contributed by atoms with E-state index in [1.807, 2.05) is 0 Å². The molecule has 5 nitrogen and oxygen atoms in total. The van der Waals surface area contributed by atoms with Crippen LogP contribution in [-0.2, 0) is 0 Å². The van der Waals surface area contributed by atoms with E-state index in [0.29, 0.717) is 27.8 Å². The van der Waals surface area contributed by atoms with Crippen molar-refractivity contribution in [1.29, 1.82) is 0 Å². The van der Waals surface area contributed by atoms with E-state index in [2.05, 4.69) is 10.5 Å². The molecular formula is C17H17ClN2O3. The topological polar surface area (TPSA) is 59.9 Å². The molecular weight excluding hydrogens is 316 g/mol. The first-order chi connectivity index (χ1) is 11.0. The van der Waals surface area contributed by atoms with Gasteiger partial charge in [-0.1, -0.05) is 11.6 Å². The Balaban J connectivity index is 2.15. The molecule has 0 bridgehead atoms. The Bertz CT molecular complexity index is 727. The maximum absolute atomic E-state index is 12.1. The number of carbonyl (C=O) groups excluding carboxylic acids is 1. The van der Waals surface area contributed by atoms with Gasteiger partial charge in [0.1, 0.15) is 11.5 Å². The number of methoxy groups -OCH3 is 2. The van der Waals surface area contributed by atoms with E-state index in [-0.39, 0.29) is 5.91 Å². The third-order valence-corrected chi connectivity index (χ3v) is 3.46. The summed E-state index contributed by atoms with van der Waals surface area (Å²) in [5.41, 5.74) is 4.31. The number of carbonyl (C=O) groups is 1. The molecule has 2 rings (SSSR count). The van der Waals surface area contributed by atoms with Gasteiger partial charge in [-0.3, -0.25) is 4.79 Å². The molecule has 0 atom stereocenters. The van der Waals surface area contributed by atoms with Gasteiger partial charge in [0, 0.05) is 16.1 Å². The Morgan fingerprint density at radius 2 is 1.78 bits per heavy atom. The van der Waals surface area contributed by atoms with Crippen LogP contribution in [0, 0.1) is 0 Å². The second-order valence-corrected chi connectivity index (χ2v) is 5.15. The first-order valence-corrected chi connectivity index (χ1v) is 7.25. The quantitative estimate of drug-likeness (QED) is 0.673. The summed E-state index contributed by atoms with van der Waals surface area (Å²) in [5, 5.41) is 4.68. The number of nitrogens with zero attached hydrogens (tertiary/aromatic N) is 1. The Morgan fingerprint density at radius 3 is 2.39 bits per heavy atom. The highest BCUT2D eigenvalue weighted by Crippen LogP contribution is 2.23. The standard InChI is InChI=1S/C17H17ClN2O3/c1-11(15-10-13(18)6-9-16(15)23-3)19-20-17(21)12-4-7-14(22-2)8-5-12/h4-10H,1-3H3,(H,20,21)/b19-11-. The van der Waals surface area contributed by atoms with Crippen LogP contribution in [0.4, 0.5) is 0 Å². The summed E-state index contributed by atoms with van der Waals surface area (Å²) in [6, 6.07) is 12.0. The van der Waals surface area contributed by atoms with Gasteiger partial charge in [0.2, 0.25) is 0 Å². The van der Waals surface area contributed by atoms with Crippen molar-refractivity contribution in [3.63, 3.8) is 0 Å². The van der Waals surface area contributed by atoms with E-state index < -0.39 is 0 Å². The predicted octanol–water partition coefficient (Wildman–Crippen LogP) is 3.51. The molecule has 1 amide bonds. The number of hydrogen-bond donors (Lipinski definition) is 1. The Labute approximate surface area is 139 Å². The fourth-order valence-electron chi connectivity index (χ4n) is 1.96. The Morgan fingerprint density at radius 1 is 1.09 bits per heavy atom. The normalized spacial score (nSPS) is 11.0. The maximum atomic E-state index is 12.1. The van der Waals surface area contributed by atoms with Crippen molar-refractivity contribution in [3.8, 4) is 11.5 Å². The number of hydrogen-bond acceptors (Lipinski definition) is 4. The smallest absolute Gasteiger partial charge is 0.271 e. The van der Waals surface area contributed by atoms with Gasteiger partial charge in [0.15, 0.2) is 0 Å². The molecule has 0 heterocycles. The van der Waals surface area contributed by atoms with Gasteiger partial charge >= 0.3 is 0 Å². The summed E-state index contributed by atoms with van der Waals surface area (Å²) < 4.78 is 10.3. The van der Waals surface area contributed by atoms with Gasteiger partial charge < -0.3 is 9.47 Å². The van der Waals surface area contributed by atoms with Gasteiger partial charge in [-0.25, -0.2) is 5.43 Å². The lowest BCUT2D eigenvalue weighted by molar-refractivity contribution is 0.0955. The van der Waals surface area contributed by atoms with Crippen LogP contribution < -0.4 is 14.9 Å². The molecule has 0 aliphatic rings. The summed E-state index contributed by atoms with van der Waals surface area (Å²) in [6.07, 6.45) is 0. The SMILES string of the molecule is COc1ccc(C(=O)N/N=C(/C)c2cc(Cl)ccc2OC)cc1. The Hall–Kier alpha value is -2.53. The summed E-state index contributed by atoms with van der Waals surface area (Å²) in [5.74, 6) is 1.01. The lowest BCUT2D eigenvalue weighted by Gasteiger charge is -2.09.